The Morgan fingerprint density at radius 1 is 1.00 bits per heavy atom. The zero-order valence-corrected chi connectivity index (χ0v) is 14.8. The fourth-order valence-electron chi connectivity index (χ4n) is 1.47. The van der Waals surface area contributed by atoms with E-state index in [0.717, 1.165) is 11.9 Å². The van der Waals surface area contributed by atoms with E-state index in [-0.39, 0.29) is 0 Å². The van der Waals surface area contributed by atoms with Crippen LogP contribution >= 0.6 is 58.4 Å². The third-order valence-corrected chi connectivity index (χ3v) is 4.93. The van der Waals surface area contributed by atoms with Gasteiger partial charge in [0.25, 0.3) is 9.57 Å². The van der Waals surface area contributed by atoms with E-state index in [1.54, 1.807) is 42.5 Å². The molecule has 0 atom stereocenters. The lowest BCUT2D eigenvalue weighted by Gasteiger charge is -2.19. The van der Waals surface area contributed by atoms with Gasteiger partial charge in [-0.2, -0.15) is 0 Å². The van der Waals surface area contributed by atoms with Crippen molar-refractivity contribution in [2.45, 2.75) is 3.67 Å². The van der Waals surface area contributed by atoms with E-state index in [1.807, 2.05) is 6.07 Å². The molecule has 0 bridgehead atoms. The quantitative estimate of drug-likeness (QED) is 0.494. The molecule has 0 aliphatic heterocycles. The van der Waals surface area contributed by atoms with Gasteiger partial charge in [0, 0.05) is 5.69 Å². The molecular formula is C14H10Cl4N2OS. The van der Waals surface area contributed by atoms with Crippen LogP contribution < -0.4 is 10.0 Å². The summed E-state index contributed by atoms with van der Waals surface area (Å²) in [6.07, 6.45) is 0. The van der Waals surface area contributed by atoms with Crippen LogP contribution in [0.25, 0.3) is 0 Å². The number of carbonyl (C=O) groups excluding carboxylic acids is 1. The second kappa shape index (κ2) is 7.66. The SMILES string of the molecule is O=C(Nc1ccccc1)C(Cl)(Cl)SNc1cccc(Cl)c1Cl. The molecular weight excluding hydrogens is 386 g/mol. The summed E-state index contributed by atoms with van der Waals surface area (Å²) in [6, 6.07) is 13.9. The summed E-state index contributed by atoms with van der Waals surface area (Å²) in [5.41, 5.74) is 1.11. The minimum absolute atomic E-state index is 0.323. The van der Waals surface area contributed by atoms with Crippen LogP contribution in [0.4, 0.5) is 11.4 Å². The molecule has 3 nitrogen and oxygen atoms in total. The number of halogens is 4. The number of rotatable bonds is 5. The molecule has 0 radical (unpaired) electrons. The molecule has 22 heavy (non-hydrogen) atoms. The van der Waals surface area contributed by atoms with Gasteiger partial charge < -0.3 is 10.0 Å². The maximum atomic E-state index is 12.1. The first-order chi connectivity index (χ1) is 10.4. The van der Waals surface area contributed by atoms with Gasteiger partial charge in [-0.05, 0) is 36.2 Å². The summed E-state index contributed by atoms with van der Waals surface area (Å²) in [5, 5.41) is 3.33. The van der Waals surface area contributed by atoms with Crippen molar-refractivity contribution in [3.05, 3.63) is 58.6 Å². The Morgan fingerprint density at radius 3 is 2.36 bits per heavy atom. The number of anilines is 2. The molecule has 0 spiro atoms. The van der Waals surface area contributed by atoms with Crippen molar-refractivity contribution in [1.29, 1.82) is 0 Å². The van der Waals surface area contributed by atoms with Crippen molar-refractivity contribution in [1.82, 2.24) is 0 Å². The molecule has 0 saturated heterocycles. The predicted octanol–water partition coefficient (Wildman–Crippen LogP) is 5.82. The third-order valence-electron chi connectivity index (χ3n) is 2.54. The monoisotopic (exact) mass is 394 g/mol. The van der Waals surface area contributed by atoms with Crippen LogP contribution in [0.2, 0.25) is 10.0 Å². The van der Waals surface area contributed by atoms with Gasteiger partial charge in [0.1, 0.15) is 0 Å². The van der Waals surface area contributed by atoms with Crippen molar-refractivity contribution in [3.63, 3.8) is 0 Å². The van der Waals surface area contributed by atoms with Crippen LogP contribution in [-0.4, -0.2) is 9.57 Å². The maximum absolute atomic E-state index is 12.1. The van der Waals surface area contributed by atoms with Gasteiger partial charge >= 0.3 is 0 Å². The number of carbonyl (C=O) groups is 1. The van der Waals surface area contributed by atoms with Crippen molar-refractivity contribution in [2.75, 3.05) is 10.0 Å². The van der Waals surface area contributed by atoms with Gasteiger partial charge in [0.05, 0.1) is 15.7 Å². The van der Waals surface area contributed by atoms with Crippen LogP contribution in [0, 0.1) is 0 Å². The molecule has 0 saturated carbocycles. The maximum Gasteiger partial charge on any atom is 0.273 e. The Balaban J connectivity index is 2.01. The number of alkyl halides is 2. The van der Waals surface area contributed by atoms with Crippen LogP contribution in [0.1, 0.15) is 0 Å². The van der Waals surface area contributed by atoms with Crippen LogP contribution in [-0.2, 0) is 4.79 Å². The summed E-state index contributed by atoms with van der Waals surface area (Å²) in [5.74, 6) is -0.572. The van der Waals surface area contributed by atoms with Gasteiger partial charge in [0.15, 0.2) is 0 Å². The molecule has 2 aromatic rings. The number of benzene rings is 2. The molecule has 0 aromatic heterocycles. The third kappa shape index (κ3) is 4.61. The van der Waals surface area contributed by atoms with Crippen molar-refractivity contribution in [2.24, 2.45) is 0 Å². The van der Waals surface area contributed by atoms with Crippen molar-refractivity contribution in [3.8, 4) is 0 Å². The zero-order valence-electron chi connectivity index (χ0n) is 10.9. The number of para-hydroxylation sites is 1. The summed E-state index contributed by atoms with van der Waals surface area (Å²) in [7, 11) is 0. The van der Waals surface area contributed by atoms with Gasteiger partial charge in [-0.25, -0.2) is 0 Å². The Morgan fingerprint density at radius 2 is 1.68 bits per heavy atom. The average Bonchev–Trinajstić information content (AvgIpc) is 2.50. The van der Waals surface area contributed by atoms with E-state index in [1.165, 1.54) is 0 Å². The highest BCUT2D eigenvalue weighted by Crippen LogP contribution is 2.39. The van der Waals surface area contributed by atoms with Crippen LogP contribution in [0.15, 0.2) is 48.5 Å². The number of hydrogen-bond acceptors (Lipinski definition) is 3. The Kier molecular flexibility index (Phi) is 6.12. The lowest BCUT2D eigenvalue weighted by molar-refractivity contribution is -0.115. The predicted molar refractivity (Wildman–Crippen MR) is 97.2 cm³/mol. The highest BCUT2D eigenvalue weighted by Gasteiger charge is 2.35. The van der Waals surface area contributed by atoms with E-state index in [0.29, 0.717) is 21.4 Å². The molecule has 116 valence electrons. The van der Waals surface area contributed by atoms with E-state index in [2.05, 4.69) is 10.0 Å². The molecule has 2 rings (SSSR count). The summed E-state index contributed by atoms with van der Waals surface area (Å²) in [4.78, 5) is 12.1. The first-order valence-electron chi connectivity index (χ1n) is 6.02. The van der Waals surface area contributed by atoms with Crippen LogP contribution in [0.5, 0.6) is 0 Å². The fourth-order valence-corrected chi connectivity index (χ4v) is 2.76. The minimum atomic E-state index is -1.75. The van der Waals surface area contributed by atoms with Crippen molar-refractivity contribution < 1.29 is 4.79 Å². The molecule has 0 unspecified atom stereocenters. The molecule has 0 aliphatic rings. The molecule has 2 N–H and O–H groups in total. The molecule has 8 heteroatoms. The Labute approximate surface area is 152 Å². The van der Waals surface area contributed by atoms with Gasteiger partial charge in [-0.3, -0.25) is 4.79 Å². The number of nitrogens with one attached hydrogen (secondary N) is 2. The largest absolute Gasteiger partial charge is 0.325 e. The standard InChI is InChI=1S/C14H10Cl4N2OS/c15-10-7-4-8-11(12(10)16)20-22-14(17,18)13(21)19-9-5-2-1-3-6-9/h1-8,20H,(H,19,21). The first-order valence-corrected chi connectivity index (χ1v) is 8.35. The van der Waals surface area contributed by atoms with E-state index < -0.39 is 9.57 Å². The lowest BCUT2D eigenvalue weighted by atomic mass is 10.3. The average molecular weight is 396 g/mol. The topological polar surface area (TPSA) is 41.1 Å². The highest BCUT2D eigenvalue weighted by atomic mass is 35.5. The van der Waals surface area contributed by atoms with Gasteiger partial charge in [-0.15, -0.1) is 0 Å². The number of amides is 1. The molecule has 0 aliphatic carbocycles. The number of hydrogen-bond donors (Lipinski definition) is 2. The van der Waals surface area contributed by atoms with Crippen LogP contribution in [0.3, 0.4) is 0 Å². The first kappa shape index (κ1) is 17.6. The summed E-state index contributed by atoms with van der Waals surface area (Å²) < 4.78 is 1.09. The summed E-state index contributed by atoms with van der Waals surface area (Å²) in [6.45, 7) is 0. The molecule has 2 aromatic carbocycles. The fraction of sp³-hybridized carbons (Fsp3) is 0.0714. The van der Waals surface area contributed by atoms with Gasteiger partial charge in [0.2, 0.25) is 0 Å². The lowest BCUT2D eigenvalue weighted by Crippen LogP contribution is -2.30. The second-order valence-electron chi connectivity index (χ2n) is 4.14. The van der Waals surface area contributed by atoms with Crippen molar-refractivity contribution >= 4 is 75.6 Å². The zero-order chi connectivity index (χ0) is 16.2. The smallest absolute Gasteiger partial charge is 0.273 e. The normalized spacial score (nSPS) is 11.1. The van der Waals surface area contributed by atoms with Gasteiger partial charge in [-0.1, -0.05) is 70.7 Å². The van der Waals surface area contributed by atoms with E-state index >= 15 is 0 Å². The second-order valence-corrected chi connectivity index (χ2v) is 7.72. The molecule has 0 heterocycles. The molecule has 1 amide bonds. The minimum Gasteiger partial charge on any atom is -0.325 e. The summed E-state index contributed by atoms with van der Waals surface area (Å²) >= 11 is 24.9. The van der Waals surface area contributed by atoms with E-state index in [9.17, 15) is 4.79 Å². The molecule has 0 fully saturated rings. The Bertz CT molecular complexity index is 667. The Hall–Kier alpha value is -0.780. The highest BCUT2D eigenvalue weighted by molar-refractivity contribution is 8.05. The van der Waals surface area contributed by atoms with E-state index in [4.69, 9.17) is 46.4 Å².